The Morgan fingerprint density at radius 2 is 2.29 bits per heavy atom. The third kappa shape index (κ3) is 3.20. The van der Waals surface area contributed by atoms with Crippen LogP contribution in [0.3, 0.4) is 0 Å². The third-order valence-corrected chi connectivity index (χ3v) is 4.62. The van der Waals surface area contributed by atoms with Gasteiger partial charge in [0.05, 0.1) is 5.92 Å². The predicted molar refractivity (Wildman–Crippen MR) is 65.8 cm³/mol. The van der Waals surface area contributed by atoms with E-state index >= 15 is 0 Å². The van der Waals surface area contributed by atoms with E-state index in [1.807, 2.05) is 18.8 Å². The van der Waals surface area contributed by atoms with Crippen molar-refractivity contribution in [1.82, 2.24) is 15.5 Å². The van der Waals surface area contributed by atoms with E-state index in [0.29, 0.717) is 11.9 Å². The minimum Gasteiger partial charge on any atom is -0.339 e. The van der Waals surface area contributed by atoms with E-state index in [1.165, 1.54) is 0 Å². The summed E-state index contributed by atoms with van der Waals surface area (Å²) < 4.78 is 27.4. The van der Waals surface area contributed by atoms with E-state index in [9.17, 15) is 8.42 Å². The van der Waals surface area contributed by atoms with Crippen molar-refractivity contribution in [2.45, 2.75) is 17.7 Å². The third-order valence-electron chi connectivity index (χ3n) is 2.64. The van der Waals surface area contributed by atoms with Crippen LogP contribution in [0.15, 0.2) is 4.52 Å². The molecule has 0 spiro atoms. The second kappa shape index (κ2) is 4.95. The molecule has 17 heavy (non-hydrogen) atoms. The fourth-order valence-corrected chi connectivity index (χ4v) is 3.80. The molecule has 0 bridgehead atoms. The van der Waals surface area contributed by atoms with Gasteiger partial charge in [-0.05, 0) is 7.05 Å². The van der Waals surface area contributed by atoms with Gasteiger partial charge >= 0.3 is 0 Å². The lowest BCUT2D eigenvalue weighted by atomic mass is 10.0. The number of sulfone groups is 1. The van der Waals surface area contributed by atoms with Gasteiger partial charge in [0.25, 0.3) is 0 Å². The highest BCUT2D eigenvalue weighted by molar-refractivity contribution is 7.99. The Morgan fingerprint density at radius 3 is 2.94 bits per heavy atom. The Morgan fingerprint density at radius 1 is 1.53 bits per heavy atom. The zero-order valence-corrected chi connectivity index (χ0v) is 11.3. The van der Waals surface area contributed by atoms with Crippen LogP contribution in [0.2, 0.25) is 0 Å². The number of nitrogens with one attached hydrogen (secondary N) is 1. The average molecular weight is 277 g/mol. The maximum absolute atomic E-state index is 11.1. The SMILES string of the molecule is CNC1CSCC1c1nc(CS(C)(=O)=O)no1. The number of likely N-dealkylation sites (N-methyl/N-ethyl adjacent to an activating group) is 1. The molecule has 1 aliphatic rings. The minimum atomic E-state index is -3.11. The highest BCUT2D eigenvalue weighted by Gasteiger charge is 2.32. The first-order chi connectivity index (χ1) is 7.99. The molecule has 1 fully saturated rings. The molecule has 0 aromatic carbocycles. The monoisotopic (exact) mass is 277 g/mol. The van der Waals surface area contributed by atoms with Gasteiger partial charge in [0.1, 0.15) is 5.75 Å². The zero-order chi connectivity index (χ0) is 12.5. The van der Waals surface area contributed by atoms with Gasteiger partial charge in [0, 0.05) is 23.8 Å². The topological polar surface area (TPSA) is 85.1 Å². The standard InChI is InChI=1S/C9H15N3O3S2/c1-10-7-4-16-3-6(7)9-11-8(12-15-9)5-17(2,13)14/h6-7,10H,3-5H2,1-2H3. The largest absolute Gasteiger partial charge is 0.339 e. The van der Waals surface area contributed by atoms with E-state index in [2.05, 4.69) is 15.5 Å². The van der Waals surface area contributed by atoms with Crippen LogP contribution >= 0.6 is 11.8 Å². The normalized spacial score (nSPS) is 25.3. The summed E-state index contributed by atoms with van der Waals surface area (Å²) in [5.74, 6) is 2.71. The summed E-state index contributed by atoms with van der Waals surface area (Å²) in [6.07, 6.45) is 1.16. The van der Waals surface area contributed by atoms with Crippen molar-refractivity contribution in [3.63, 3.8) is 0 Å². The summed E-state index contributed by atoms with van der Waals surface area (Å²) in [6, 6.07) is 0.312. The molecule has 0 aliphatic carbocycles. The smallest absolute Gasteiger partial charge is 0.232 e. The molecule has 1 saturated heterocycles. The van der Waals surface area contributed by atoms with Crippen molar-refractivity contribution in [3.05, 3.63) is 11.7 Å². The fourth-order valence-electron chi connectivity index (χ4n) is 1.79. The van der Waals surface area contributed by atoms with Gasteiger partial charge in [-0.2, -0.15) is 16.7 Å². The second-order valence-electron chi connectivity index (χ2n) is 4.16. The summed E-state index contributed by atoms with van der Waals surface area (Å²) in [7, 11) is -1.21. The highest BCUT2D eigenvalue weighted by atomic mass is 32.2. The molecule has 8 heteroatoms. The molecule has 96 valence electrons. The quantitative estimate of drug-likeness (QED) is 0.831. The van der Waals surface area contributed by atoms with Gasteiger partial charge in [-0.25, -0.2) is 8.42 Å². The first-order valence-electron chi connectivity index (χ1n) is 5.25. The summed E-state index contributed by atoms with van der Waals surface area (Å²) in [4.78, 5) is 4.17. The molecule has 2 heterocycles. The van der Waals surface area contributed by atoms with Crippen molar-refractivity contribution in [2.75, 3.05) is 24.8 Å². The van der Waals surface area contributed by atoms with Gasteiger partial charge < -0.3 is 9.84 Å². The molecular formula is C9H15N3O3S2. The molecular weight excluding hydrogens is 262 g/mol. The van der Waals surface area contributed by atoms with E-state index in [-0.39, 0.29) is 17.5 Å². The van der Waals surface area contributed by atoms with Crippen LogP contribution in [0.1, 0.15) is 17.6 Å². The number of nitrogens with zero attached hydrogens (tertiary/aromatic N) is 2. The first-order valence-corrected chi connectivity index (χ1v) is 8.46. The Kier molecular flexibility index (Phi) is 3.74. The molecule has 0 amide bonds. The van der Waals surface area contributed by atoms with E-state index < -0.39 is 9.84 Å². The van der Waals surface area contributed by atoms with Gasteiger partial charge in [0.15, 0.2) is 15.7 Å². The highest BCUT2D eigenvalue weighted by Crippen LogP contribution is 2.31. The maximum Gasteiger partial charge on any atom is 0.232 e. The number of hydrogen-bond acceptors (Lipinski definition) is 7. The maximum atomic E-state index is 11.1. The van der Waals surface area contributed by atoms with Crippen molar-refractivity contribution in [2.24, 2.45) is 0 Å². The lowest BCUT2D eigenvalue weighted by molar-refractivity contribution is 0.341. The number of aromatic nitrogens is 2. The van der Waals surface area contributed by atoms with Crippen LogP contribution in [0, 0.1) is 0 Å². The summed E-state index contributed by atoms with van der Waals surface area (Å²) in [5.41, 5.74) is 0. The van der Waals surface area contributed by atoms with E-state index in [1.54, 1.807) is 0 Å². The van der Waals surface area contributed by atoms with Crippen LogP contribution < -0.4 is 5.32 Å². The molecule has 2 rings (SSSR count). The van der Waals surface area contributed by atoms with Gasteiger partial charge in [-0.3, -0.25) is 0 Å². The average Bonchev–Trinajstić information content (AvgIpc) is 2.81. The second-order valence-corrected chi connectivity index (χ2v) is 7.37. The molecule has 1 aromatic rings. The summed E-state index contributed by atoms with van der Waals surface area (Å²) >= 11 is 1.82. The minimum absolute atomic E-state index is 0.166. The number of hydrogen-bond donors (Lipinski definition) is 1. The molecule has 0 radical (unpaired) electrons. The fraction of sp³-hybridized carbons (Fsp3) is 0.778. The van der Waals surface area contributed by atoms with Crippen LogP contribution in [0.5, 0.6) is 0 Å². The molecule has 2 unspecified atom stereocenters. The molecule has 1 N–H and O–H groups in total. The number of thioether (sulfide) groups is 1. The van der Waals surface area contributed by atoms with Crippen LogP contribution in [-0.2, 0) is 15.6 Å². The van der Waals surface area contributed by atoms with Crippen molar-refractivity contribution >= 4 is 21.6 Å². The van der Waals surface area contributed by atoms with Crippen molar-refractivity contribution in [1.29, 1.82) is 0 Å². The summed E-state index contributed by atoms with van der Waals surface area (Å²) in [6.45, 7) is 0. The Balaban J connectivity index is 2.13. The number of rotatable bonds is 4. The van der Waals surface area contributed by atoms with Crippen molar-refractivity contribution in [3.8, 4) is 0 Å². The van der Waals surface area contributed by atoms with Gasteiger partial charge in [-0.15, -0.1) is 0 Å². The molecule has 2 atom stereocenters. The van der Waals surface area contributed by atoms with Crippen molar-refractivity contribution < 1.29 is 12.9 Å². The van der Waals surface area contributed by atoms with Crippen LogP contribution in [0.4, 0.5) is 0 Å². The van der Waals surface area contributed by atoms with Crippen LogP contribution in [0.25, 0.3) is 0 Å². The molecule has 6 nitrogen and oxygen atoms in total. The molecule has 1 aromatic heterocycles. The molecule has 1 aliphatic heterocycles. The Bertz CT molecular complexity index is 485. The van der Waals surface area contributed by atoms with Gasteiger partial charge in [-0.1, -0.05) is 5.16 Å². The Hall–Kier alpha value is -0.600. The van der Waals surface area contributed by atoms with E-state index in [4.69, 9.17) is 4.52 Å². The zero-order valence-electron chi connectivity index (χ0n) is 9.71. The van der Waals surface area contributed by atoms with Gasteiger partial charge in [0.2, 0.25) is 5.89 Å². The first kappa shape index (κ1) is 12.8. The van der Waals surface area contributed by atoms with E-state index in [0.717, 1.165) is 17.8 Å². The predicted octanol–water partition coefficient (Wildman–Crippen LogP) is 0.0326. The van der Waals surface area contributed by atoms with Crippen LogP contribution in [-0.4, -0.2) is 49.4 Å². The lowest BCUT2D eigenvalue weighted by Crippen LogP contribution is -2.31. The molecule has 0 saturated carbocycles. The Labute approximate surface area is 104 Å². The lowest BCUT2D eigenvalue weighted by Gasteiger charge is -2.13. The summed E-state index contributed by atoms with van der Waals surface area (Å²) in [5, 5.41) is 6.92.